The lowest BCUT2D eigenvalue weighted by atomic mass is 9.81. The van der Waals surface area contributed by atoms with E-state index in [9.17, 15) is 4.79 Å². The molecule has 1 atom stereocenters. The Morgan fingerprint density at radius 2 is 1.38 bits per heavy atom. The van der Waals surface area contributed by atoms with E-state index < -0.39 is 5.76 Å². The van der Waals surface area contributed by atoms with Gasteiger partial charge in [-0.3, -0.25) is 9.51 Å². The molecule has 24 heavy (non-hydrogen) atoms. The van der Waals surface area contributed by atoms with Gasteiger partial charge in [0, 0.05) is 5.41 Å². The van der Waals surface area contributed by atoms with E-state index >= 15 is 0 Å². The summed E-state index contributed by atoms with van der Waals surface area (Å²) in [6, 6.07) is 0. The first kappa shape index (κ1) is 21.0. The summed E-state index contributed by atoms with van der Waals surface area (Å²) in [5.41, 5.74) is -0.0648. The quantitative estimate of drug-likeness (QED) is 0.392. The molecule has 0 aliphatic rings. The van der Waals surface area contributed by atoms with Gasteiger partial charge < -0.3 is 0 Å². The summed E-state index contributed by atoms with van der Waals surface area (Å²) in [6.07, 6.45) is 18.4. The van der Waals surface area contributed by atoms with Crippen molar-refractivity contribution in [3.63, 3.8) is 0 Å². The first-order valence-electron chi connectivity index (χ1n) is 10.2. The number of hydrogen-bond donors (Lipinski definition) is 1. The van der Waals surface area contributed by atoms with Gasteiger partial charge in [-0.1, -0.05) is 103 Å². The molecular formula is C20H38N2O2. The molecule has 0 aromatic carbocycles. The van der Waals surface area contributed by atoms with Gasteiger partial charge in [-0.25, -0.2) is 4.79 Å². The van der Waals surface area contributed by atoms with E-state index in [2.05, 4.69) is 35.4 Å². The molecule has 1 heterocycles. The Balaban J connectivity index is 2.02. The fraction of sp³-hybridized carbons (Fsp3) is 0.900. The molecule has 0 radical (unpaired) electrons. The molecule has 0 aliphatic carbocycles. The Morgan fingerprint density at radius 1 is 0.875 bits per heavy atom. The van der Waals surface area contributed by atoms with Crippen LogP contribution in [0.15, 0.2) is 9.32 Å². The Labute approximate surface area is 147 Å². The van der Waals surface area contributed by atoms with Gasteiger partial charge in [-0.05, 0) is 12.8 Å². The third-order valence-electron chi connectivity index (χ3n) is 5.37. The zero-order valence-electron chi connectivity index (χ0n) is 16.2. The molecule has 0 saturated heterocycles. The van der Waals surface area contributed by atoms with Gasteiger partial charge in [0.2, 0.25) is 0 Å². The average Bonchev–Trinajstić information content (AvgIpc) is 3.03. The van der Waals surface area contributed by atoms with Gasteiger partial charge in [0.25, 0.3) is 0 Å². The van der Waals surface area contributed by atoms with Crippen molar-refractivity contribution in [2.75, 3.05) is 0 Å². The topological polar surface area (TPSA) is 58.9 Å². The van der Waals surface area contributed by atoms with Crippen LogP contribution in [-0.4, -0.2) is 10.1 Å². The maximum atomic E-state index is 11.1. The molecular weight excluding hydrogens is 300 g/mol. The minimum absolute atomic E-state index is 0.0648. The van der Waals surface area contributed by atoms with Crippen LogP contribution in [0.1, 0.15) is 116 Å². The van der Waals surface area contributed by atoms with E-state index in [1.54, 1.807) is 0 Å². The van der Waals surface area contributed by atoms with Crippen molar-refractivity contribution < 1.29 is 4.52 Å². The van der Waals surface area contributed by atoms with Crippen LogP contribution >= 0.6 is 0 Å². The number of hydrogen-bond acceptors (Lipinski definition) is 3. The summed E-state index contributed by atoms with van der Waals surface area (Å²) in [5.74, 6) is 0.262. The molecule has 1 N–H and O–H groups in total. The van der Waals surface area contributed by atoms with Crippen molar-refractivity contribution >= 4 is 0 Å². The van der Waals surface area contributed by atoms with Gasteiger partial charge in [0.1, 0.15) is 0 Å². The number of aromatic nitrogens is 2. The van der Waals surface area contributed by atoms with Crippen molar-refractivity contribution in [2.45, 2.75) is 116 Å². The van der Waals surface area contributed by atoms with Crippen molar-refractivity contribution in [1.29, 1.82) is 0 Å². The second-order valence-electron chi connectivity index (χ2n) is 7.50. The molecule has 1 aromatic rings. The number of nitrogens with one attached hydrogen (secondary N) is 1. The highest BCUT2D eigenvalue weighted by atomic mass is 16.5. The van der Waals surface area contributed by atoms with Crippen LogP contribution < -0.4 is 5.76 Å². The van der Waals surface area contributed by atoms with Gasteiger partial charge in [0.15, 0.2) is 5.82 Å². The van der Waals surface area contributed by atoms with Gasteiger partial charge in [-0.15, -0.1) is 0 Å². The van der Waals surface area contributed by atoms with Crippen LogP contribution in [-0.2, 0) is 5.41 Å². The number of H-pyrrole nitrogens is 1. The maximum absolute atomic E-state index is 11.1. The molecule has 1 aromatic heterocycles. The maximum Gasteiger partial charge on any atom is 0.438 e. The second-order valence-corrected chi connectivity index (χ2v) is 7.50. The smallest absolute Gasteiger partial charge is 0.296 e. The first-order valence-corrected chi connectivity index (χ1v) is 10.2. The molecule has 0 saturated carbocycles. The molecule has 140 valence electrons. The van der Waals surface area contributed by atoms with Gasteiger partial charge in [-0.2, -0.15) is 0 Å². The first-order chi connectivity index (χ1) is 11.6. The Bertz CT molecular complexity index is 466. The van der Waals surface area contributed by atoms with E-state index in [0.29, 0.717) is 5.82 Å². The highest BCUT2D eigenvalue weighted by Gasteiger charge is 2.28. The van der Waals surface area contributed by atoms with Crippen LogP contribution in [0.4, 0.5) is 0 Å². The van der Waals surface area contributed by atoms with Crippen molar-refractivity contribution in [3.05, 3.63) is 16.4 Å². The predicted molar refractivity (Wildman–Crippen MR) is 100 cm³/mol. The molecule has 0 amide bonds. The molecule has 0 spiro atoms. The molecule has 4 heteroatoms. The van der Waals surface area contributed by atoms with Crippen LogP contribution in [0.3, 0.4) is 0 Å². The lowest BCUT2D eigenvalue weighted by molar-refractivity contribution is 0.333. The second kappa shape index (κ2) is 12.3. The van der Waals surface area contributed by atoms with E-state index in [0.717, 1.165) is 12.8 Å². The van der Waals surface area contributed by atoms with Gasteiger partial charge in [0.05, 0.1) is 0 Å². The standard InChI is InChI=1S/C20H38N2O2/c1-4-6-7-8-9-10-11-12-13-14-15-16-17-20(3,5-2)18-21-19(23)24-22-18/h4-17H2,1-3H3,(H,21,22,23). The fourth-order valence-electron chi connectivity index (χ4n) is 3.31. The fourth-order valence-corrected chi connectivity index (χ4v) is 3.31. The molecule has 1 rings (SSSR count). The van der Waals surface area contributed by atoms with Crippen LogP contribution in [0.5, 0.6) is 0 Å². The molecule has 0 fully saturated rings. The van der Waals surface area contributed by atoms with E-state index in [1.807, 2.05) is 0 Å². The average molecular weight is 339 g/mol. The summed E-state index contributed by atoms with van der Waals surface area (Å²) in [4.78, 5) is 13.9. The third-order valence-corrected chi connectivity index (χ3v) is 5.37. The lowest BCUT2D eigenvalue weighted by Crippen LogP contribution is -2.23. The number of rotatable bonds is 15. The minimum Gasteiger partial charge on any atom is -0.296 e. The summed E-state index contributed by atoms with van der Waals surface area (Å²) in [5, 5.41) is 3.89. The summed E-state index contributed by atoms with van der Waals surface area (Å²) in [6.45, 7) is 6.58. The van der Waals surface area contributed by atoms with E-state index in [4.69, 9.17) is 0 Å². The zero-order chi connectivity index (χ0) is 17.7. The number of nitrogens with zero attached hydrogens (tertiary/aromatic N) is 1. The minimum atomic E-state index is -0.445. The molecule has 4 nitrogen and oxygen atoms in total. The molecule has 0 aliphatic heterocycles. The Kier molecular flexibility index (Phi) is 10.8. The van der Waals surface area contributed by atoms with Gasteiger partial charge >= 0.3 is 5.76 Å². The van der Waals surface area contributed by atoms with Crippen LogP contribution in [0, 0.1) is 0 Å². The third kappa shape index (κ3) is 8.16. The van der Waals surface area contributed by atoms with Crippen molar-refractivity contribution in [2.24, 2.45) is 0 Å². The monoisotopic (exact) mass is 338 g/mol. The summed E-state index contributed by atoms with van der Waals surface area (Å²) < 4.78 is 4.66. The van der Waals surface area contributed by atoms with Crippen LogP contribution in [0.25, 0.3) is 0 Å². The zero-order valence-corrected chi connectivity index (χ0v) is 16.2. The molecule has 0 bridgehead atoms. The van der Waals surface area contributed by atoms with Crippen LogP contribution in [0.2, 0.25) is 0 Å². The predicted octanol–water partition coefficient (Wildman–Crippen LogP) is 6.12. The summed E-state index contributed by atoms with van der Waals surface area (Å²) >= 11 is 0. The largest absolute Gasteiger partial charge is 0.438 e. The number of unbranched alkanes of at least 4 members (excludes halogenated alkanes) is 11. The normalized spacial score (nSPS) is 14.0. The Morgan fingerprint density at radius 3 is 1.79 bits per heavy atom. The highest BCUT2D eigenvalue weighted by Crippen LogP contribution is 2.30. The SMILES string of the molecule is CCCCCCCCCCCCCCC(C)(CC)c1noc(=O)[nH]1. The summed E-state index contributed by atoms with van der Waals surface area (Å²) in [7, 11) is 0. The van der Waals surface area contributed by atoms with Crippen molar-refractivity contribution in [3.8, 4) is 0 Å². The van der Waals surface area contributed by atoms with E-state index in [1.165, 1.54) is 77.0 Å². The molecule has 1 unspecified atom stereocenters. The van der Waals surface area contributed by atoms with Crippen molar-refractivity contribution in [1.82, 2.24) is 10.1 Å². The number of aromatic amines is 1. The lowest BCUT2D eigenvalue weighted by Gasteiger charge is -2.24. The highest BCUT2D eigenvalue weighted by molar-refractivity contribution is 5.02. The Hall–Kier alpha value is -1.06. The van der Waals surface area contributed by atoms with E-state index in [-0.39, 0.29) is 5.41 Å².